The molecular weight excluding hydrogens is 420 g/mol. The summed E-state index contributed by atoms with van der Waals surface area (Å²) in [4.78, 5) is 24.0. The Morgan fingerprint density at radius 2 is 2.10 bits per heavy atom. The molecule has 0 radical (unpaired) electrons. The predicted octanol–water partition coefficient (Wildman–Crippen LogP) is 5.42. The van der Waals surface area contributed by atoms with Gasteiger partial charge in [-0.2, -0.15) is 0 Å². The van der Waals surface area contributed by atoms with Gasteiger partial charge in [-0.05, 0) is 50.5 Å². The van der Waals surface area contributed by atoms with E-state index < -0.39 is 0 Å². The third kappa shape index (κ3) is 4.57. The zero-order chi connectivity index (χ0) is 20.4. The lowest BCUT2D eigenvalue weighted by Crippen LogP contribution is -2.32. The molecule has 0 atom stereocenters. The third-order valence-electron chi connectivity index (χ3n) is 4.95. The zero-order valence-corrected chi connectivity index (χ0v) is 18.9. The zero-order valence-electron chi connectivity index (χ0n) is 17.3. The minimum atomic E-state index is -0.0697. The molecule has 0 spiro atoms. The number of thiazole rings is 1. The predicted molar refractivity (Wildman–Crippen MR) is 123 cm³/mol. The normalized spacial score (nSPS) is 10.9. The number of carbonyl (C=O) groups is 1. The van der Waals surface area contributed by atoms with Crippen molar-refractivity contribution in [3.05, 3.63) is 65.6 Å². The molecule has 0 N–H and O–H groups in total. The smallest absolute Gasteiger partial charge is 0.263 e. The minimum absolute atomic E-state index is 0. The summed E-state index contributed by atoms with van der Waals surface area (Å²) >= 11 is 1.56. The maximum Gasteiger partial charge on any atom is 0.263 e. The van der Waals surface area contributed by atoms with Gasteiger partial charge in [0.15, 0.2) is 5.13 Å². The number of furan rings is 1. The van der Waals surface area contributed by atoms with Crippen LogP contribution in [0.15, 0.2) is 47.4 Å². The van der Waals surface area contributed by atoms with E-state index in [1.165, 1.54) is 5.56 Å². The molecule has 30 heavy (non-hydrogen) atoms. The molecule has 0 saturated carbocycles. The Balaban J connectivity index is 0.00000256. The van der Waals surface area contributed by atoms with Crippen molar-refractivity contribution in [1.29, 1.82) is 0 Å². The molecule has 0 bridgehead atoms. The molecule has 4 aromatic rings. The Labute approximate surface area is 186 Å². The molecule has 0 fully saturated rings. The highest BCUT2D eigenvalue weighted by Gasteiger charge is 2.24. The molecule has 3 heterocycles. The first-order chi connectivity index (χ1) is 14.0. The van der Waals surface area contributed by atoms with Crippen molar-refractivity contribution in [3.8, 4) is 0 Å². The lowest BCUT2D eigenvalue weighted by Gasteiger charge is -2.19. The molecule has 8 heteroatoms. The van der Waals surface area contributed by atoms with Gasteiger partial charge in [0.25, 0.3) is 5.91 Å². The van der Waals surface area contributed by atoms with Crippen LogP contribution in [0.5, 0.6) is 0 Å². The van der Waals surface area contributed by atoms with E-state index in [0.717, 1.165) is 40.5 Å². The van der Waals surface area contributed by atoms with E-state index in [9.17, 15) is 4.79 Å². The van der Waals surface area contributed by atoms with Gasteiger partial charge in [-0.3, -0.25) is 9.69 Å². The first kappa shape index (κ1) is 22.1. The molecule has 4 rings (SSSR count). The number of nitrogens with zero attached hydrogens (tertiary/aromatic N) is 4. The summed E-state index contributed by atoms with van der Waals surface area (Å²) in [5.74, 6) is 1.31. The van der Waals surface area contributed by atoms with Gasteiger partial charge in [-0.15, -0.1) is 12.4 Å². The fourth-order valence-electron chi connectivity index (χ4n) is 3.40. The summed E-state index contributed by atoms with van der Waals surface area (Å²) < 4.78 is 8.72. The van der Waals surface area contributed by atoms with Crippen LogP contribution >= 0.6 is 23.7 Å². The van der Waals surface area contributed by atoms with E-state index in [0.29, 0.717) is 17.9 Å². The number of aryl methyl sites for hydroxylation is 4. The van der Waals surface area contributed by atoms with Gasteiger partial charge in [-0.25, -0.2) is 9.97 Å². The first-order valence-corrected chi connectivity index (χ1v) is 10.6. The number of halogens is 1. The van der Waals surface area contributed by atoms with Gasteiger partial charge in [0.05, 0.1) is 22.1 Å². The van der Waals surface area contributed by atoms with Crippen molar-refractivity contribution in [1.82, 2.24) is 14.5 Å². The van der Waals surface area contributed by atoms with E-state index in [1.807, 2.05) is 36.7 Å². The second kappa shape index (κ2) is 9.45. The van der Waals surface area contributed by atoms with E-state index in [-0.39, 0.29) is 18.3 Å². The van der Waals surface area contributed by atoms with Crippen molar-refractivity contribution in [3.63, 3.8) is 0 Å². The number of benzene rings is 1. The van der Waals surface area contributed by atoms with Crippen molar-refractivity contribution < 1.29 is 9.21 Å². The van der Waals surface area contributed by atoms with Crippen LogP contribution in [0.25, 0.3) is 10.2 Å². The van der Waals surface area contributed by atoms with Crippen LogP contribution in [0.2, 0.25) is 0 Å². The quantitative estimate of drug-likeness (QED) is 0.381. The molecule has 0 saturated heterocycles. The highest BCUT2D eigenvalue weighted by molar-refractivity contribution is 7.22. The van der Waals surface area contributed by atoms with Crippen molar-refractivity contribution >= 4 is 45.0 Å². The number of hydrogen-bond acceptors (Lipinski definition) is 5. The molecule has 0 aliphatic heterocycles. The Bertz CT molecular complexity index is 1130. The lowest BCUT2D eigenvalue weighted by molar-refractivity contribution is 0.0985. The van der Waals surface area contributed by atoms with Crippen molar-refractivity contribution in [2.24, 2.45) is 0 Å². The number of hydrogen-bond donors (Lipinski definition) is 0. The van der Waals surface area contributed by atoms with E-state index in [1.54, 1.807) is 28.8 Å². The number of aromatic nitrogens is 3. The highest BCUT2D eigenvalue weighted by atomic mass is 35.5. The molecular formula is C22H25ClN4O2S. The number of imidazole rings is 1. The molecule has 0 unspecified atom stereocenters. The molecule has 1 aromatic carbocycles. The number of fused-ring (bicyclic) bond motifs is 1. The molecule has 3 aromatic heterocycles. The summed E-state index contributed by atoms with van der Waals surface area (Å²) in [6.45, 7) is 7.19. The Morgan fingerprint density at radius 1 is 1.27 bits per heavy atom. The number of rotatable bonds is 7. The lowest BCUT2D eigenvalue weighted by atomic mass is 10.2. The minimum Gasteiger partial charge on any atom is -0.466 e. The Morgan fingerprint density at radius 3 is 2.77 bits per heavy atom. The van der Waals surface area contributed by atoms with Crippen molar-refractivity contribution in [2.45, 2.75) is 40.2 Å². The number of amides is 1. The molecule has 6 nitrogen and oxygen atoms in total. The van der Waals surface area contributed by atoms with Gasteiger partial charge >= 0.3 is 0 Å². The average Bonchev–Trinajstić information content (AvgIpc) is 3.43. The highest BCUT2D eigenvalue weighted by Crippen LogP contribution is 2.31. The monoisotopic (exact) mass is 444 g/mol. The van der Waals surface area contributed by atoms with Crippen LogP contribution in [-0.2, 0) is 13.0 Å². The van der Waals surface area contributed by atoms with Crippen LogP contribution in [0.3, 0.4) is 0 Å². The summed E-state index contributed by atoms with van der Waals surface area (Å²) in [7, 11) is 0. The van der Waals surface area contributed by atoms with Crippen LogP contribution in [0, 0.1) is 13.8 Å². The van der Waals surface area contributed by atoms with E-state index in [4.69, 9.17) is 9.40 Å². The molecule has 0 aliphatic rings. The van der Waals surface area contributed by atoms with Gasteiger partial charge < -0.3 is 8.98 Å². The summed E-state index contributed by atoms with van der Waals surface area (Å²) in [6.07, 6.45) is 7.26. The average molecular weight is 445 g/mol. The second-order valence-corrected chi connectivity index (χ2v) is 8.10. The number of anilines is 1. The van der Waals surface area contributed by atoms with Gasteiger partial charge in [0.2, 0.25) is 0 Å². The van der Waals surface area contributed by atoms with Gasteiger partial charge in [0.1, 0.15) is 11.5 Å². The van der Waals surface area contributed by atoms with Crippen LogP contribution in [0.4, 0.5) is 5.13 Å². The van der Waals surface area contributed by atoms with E-state index in [2.05, 4.69) is 24.0 Å². The van der Waals surface area contributed by atoms with Crippen molar-refractivity contribution in [2.75, 3.05) is 11.4 Å². The maximum absolute atomic E-state index is 13.4. The fourth-order valence-corrected chi connectivity index (χ4v) is 4.45. The topological polar surface area (TPSA) is 64.2 Å². The number of carbonyl (C=O) groups excluding carboxylic acids is 1. The van der Waals surface area contributed by atoms with E-state index >= 15 is 0 Å². The molecule has 1 amide bonds. The summed E-state index contributed by atoms with van der Waals surface area (Å²) in [5.41, 5.74) is 2.79. The third-order valence-corrected chi connectivity index (χ3v) is 6.00. The largest absolute Gasteiger partial charge is 0.466 e. The first-order valence-electron chi connectivity index (χ1n) is 9.79. The standard InChI is InChI=1S/C22H24N4O2S.ClH/c1-4-17-6-7-19-20(13-17)29-22(24-19)26(10-5-9-25-11-8-23-14-25)21(27)18-12-15(2)28-16(18)3;/h6-8,11-14H,4-5,9-10H2,1-3H3;1H. The second-order valence-electron chi connectivity index (χ2n) is 7.09. The van der Waals surface area contributed by atoms with Crippen LogP contribution < -0.4 is 4.90 Å². The molecule has 0 aliphatic carbocycles. The summed E-state index contributed by atoms with van der Waals surface area (Å²) in [5, 5.41) is 0.724. The Hall–Kier alpha value is -2.64. The Kier molecular flexibility index (Phi) is 6.95. The van der Waals surface area contributed by atoms with Crippen LogP contribution in [-0.4, -0.2) is 27.0 Å². The SMILES string of the molecule is CCc1ccc2nc(N(CCCn3ccnc3)C(=O)c3cc(C)oc3C)sc2c1.Cl. The van der Waals surface area contributed by atoms with Crippen LogP contribution in [0.1, 0.15) is 40.8 Å². The fraction of sp³-hybridized carbons (Fsp3) is 0.318. The maximum atomic E-state index is 13.4. The summed E-state index contributed by atoms with van der Waals surface area (Å²) in [6, 6.07) is 8.11. The van der Waals surface area contributed by atoms with Gasteiger partial charge in [-0.1, -0.05) is 24.3 Å². The van der Waals surface area contributed by atoms with Gasteiger partial charge in [0, 0.05) is 25.5 Å². The molecule has 158 valence electrons.